The van der Waals surface area contributed by atoms with Gasteiger partial charge in [0.1, 0.15) is 5.54 Å². The van der Waals surface area contributed by atoms with E-state index in [1.807, 2.05) is 31.2 Å². The van der Waals surface area contributed by atoms with Gasteiger partial charge in [-0.2, -0.15) is 0 Å². The fraction of sp³-hybridized carbons (Fsp3) is 0.417. The van der Waals surface area contributed by atoms with Gasteiger partial charge >= 0.3 is 5.97 Å². The third-order valence-electron chi connectivity index (χ3n) is 3.06. The van der Waals surface area contributed by atoms with E-state index in [0.717, 1.165) is 12.1 Å². The Morgan fingerprint density at radius 1 is 1.53 bits per heavy atom. The van der Waals surface area contributed by atoms with Gasteiger partial charge in [-0.25, -0.2) is 4.79 Å². The fourth-order valence-electron chi connectivity index (χ4n) is 2.10. The molecule has 1 aliphatic heterocycles. The van der Waals surface area contributed by atoms with E-state index in [-0.39, 0.29) is 5.97 Å². The first-order chi connectivity index (χ1) is 7.22. The Bertz CT molecular complexity index is 362. The molecule has 1 unspecified atom stereocenters. The highest BCUT2D eigenvalue weighted by molar-refractivity contribution is 5.87. The third kappa shape index (κ3) is 1.48. The van der Waals surface area contributed by atoms with Gasteiger partial charge in [0, 0.05) is 12.1 Å². The zero-order valence-corrected chi connectivity index (χ0v) is 9.04. The summed E-state index contributed by atoms with van der Waals surface area (Å²) in [7, 11) is 1.43. The van der Waals surface area contributed by atoms with Crippen LogP contribution in [0, 0.1) is 0 Å². The standard InChI is InChI=1S/C12H15NO2/c1-3-12(11(14)15-2)8-9-6-4-5-7-10(9)13-12/h4-7,13H,3,8H2,1-2H3. The number of rotatable bonds is 2. The van der Waals surface area contributed by atoms with Gasteiger partial charge in [0.05, 0.1) is 7.11 Å². The Morgan fingerprint density at radius 3 is 2.87 bits per heavy atom. The summed E-state index contributed by atoms with van der Waals surface area (Å²) in [6.07, 6.45) is 1.45. The van der Waals surface area contributed by atoms with E-state index in [1.165, 1.54) is 12.7 Å². The minimum absolute atomic E-state index is 0.179. The predicted octanol–water partition coefficient (Wildman–Crippen LogP) is 1.98. The van der Waals surface area contributed by atoms with E-state index in [2.05, 4.69) is 5.32 Å². The van der Waals surface area contributed by atoms with Crippen LogP contribution >= 0.6 is 0 Å². The first kappa shape index (κ1) is 10.0. The summed E-state index contributed by atoms with van der Waals surface area (Å²) in [4.78, 5) is 11.8. The highest BCUT2D eigenvalue weighted by Crippen LogP contribution is 2.34. The molecule has 1 N–H and O–H groups in total. The number of carbonyl (C=O) groups excluding carboxylic acids is 1. The average Bonchev–Trinajstić information content (AvgIpc) is 2.67. The summed E-state index contributed by atoms with van der Waals surface area (Å²) in [5.41, 5.74) is 1.67. The summed E-state index contributed by atoms with van der Waals surface area (Å²) in [5, 5.41) is 3.27. The largest absolute Gasteiger partial charge is 0.467 e. The van der Waals surface area contributed by atoms with Crippen LogP contribution in [0.4, 0.5) is 5.69 Å². The van der Waals surface area contributed by atoms with Crippen LogP contribution in [0.15, 0.2) is 24.3 Å². The second-order valence-electron chi connectivity index (χ2n) is 3.89. The van der Waals surface area contributed by atoms with E-state index in [4.69, 9.17) is 4.74 Å². The molecule has 1 aromatic carbocycles. The van der Waals surface area contributed by atoms with Gasteiger partial charge in [0.15, 0.2) is 0 Å². The number of anilines is 1. The number of benzene rings is 1. The summed E-state index contributed by atoms with van der Waals surface area (Å²) in [6, 6.07) is 8.00. The molecule has 1 aliphatic rings. The molecule has 3 heteroatoms. The van der Waals surface area contributed by atoms with E-state index in [9.17, 15) is 4.79 Å². The highest BCUT2D eigenvalue weighted by Gasteiger charge is 2.42. The molecule has 0 amide bonds. The summed E-state index contributed by atoms with van der Waals surface area (Å²) >= 11 is 0. The van der Waals surface area contributed by atoms with Gasteiger partial charge in [-0.3, -0.25) is 0 Å². The van der Waals surface area contributed by atoms with Crippen LogP contribution in [-0.4, -0.2) is 18.6 Å². The third-order valence-corrected chi connectivity index (χ3v) is 3.06. The lowest BCUT2D eigenvalue weighted by Gasteiger charge is -2.25. The van der Waals surface area contributed by atoms with Crippen LogP contribution in [-0.2, 0) is 16.0 Å². The van der Waals surface area contributed by atoms with Gasteiger partial charge in [-0.05, 0) is 18.1 Å². The van der Waals surface area contributed by atoms with Crippen molar-refractivity contribution in [3.8, 4) is 0 Å². The molecule has 0 bridgehead atoms. The number of hydrogen-bond donors (Lipinski definition) is 1. The number of methoxy groups -OCH3 is 1. The lowest BCUT2D eigenvalue weighted by atomic mass is 9.92. The lowest BCUT2D eigenvalue weighted by molar-refractivity contribution is -0.145. The maximum atomic E-state index is 11.8. The van der Waals surface area contributed by atoms with Gasteiger partial charge < -0.3 is 10.1 Å². The van der Waals surface area contributed by atoms with Crippen molar-refractivity contribution >= 4 is 11.7 Å². The normalized spacial score (nSPS) is 23.1. The molecule has 15 heavy (non-hydrogen) atoms. The van der Waals surface area contributed by atoms with Gasteiger partial charge in [0.25, 0.3) is 0 Å². The van der Waals surface area contributed by atoms with Crippen molar-refractivity contribution in [1.29, 1.82) is 0 Å². The van der Waals surface area contributed by atoms with E-state index < -0.39 is 5.54 Å². The Balaban J connectivity index is 2.33. The number of carbonyl (C=O) groups is 1. The molecule has 1 aromatic rings. The Hall–Kier alpha value is -1.51. The quantitative estimate of drug-likeness (QED) is 0.750. The number of para-hydroxylation sites is 1. The molecule has 0 spiro atoms. The monoisotopic (exact) mass is 205 g/mol. The van der Waals surface area contributed by atoms with Crippen molar-refractivity contribution in [2.24, 2.45) is 0 Å². The molecule has 3 nitrogen and oxygen atoms in total. The molecule has 0 saturated heterocycles. The van der Waals surface area contributed by atoms with E-state index in [0.29, 0.717) is 6.42 Å². The van der Waals surface area contributed by atoms with E-state index in [1.54, 1.807) is 0 Å². The summed E-state index contributed by atoms with van der Waals surface area (Å²) < 4.78 is 4.86. The lowest BCUT2D eigenvalue weighted by Crippen LogP contribution is -2.45. The molecule has 0 aromatic heterocycles. The van der Waals surface area contributed by atoms with Crippen molar-refractivity contribution in [2.45, 2.75) is 25.3 Å². The first-order valence-electron chi connectivity index (χ1n) is 5.16. The maximum Gasteiger partial charge on any atom is 0.331 e. The second-order valence-corrected chi connectivity index (χ2v) is 3.89. The molecule has 2 rings (SSSR count). The number of esters is 1. The molecule has 0 saturated carbocycles. The zero-order chi connectivity index (χ0) is 10.9. The van der Waals surface area contributed by atoms with Crippen LogP contribution in [0.2, 0.25) is 0 Å². The molecule has 80 valence electrons. The van der Waals surface area contributed by atoms with Gasteiger partial charge in [-0.1, -0.05) is 25.1 Å². The first-order valence-corrected chi connectivity index (χ1v) is 5.16. The van der Waals surface area contributed by atoms with Gasteiger partial charge in [-0.15, -0.1) is 0 Å². The van der Waals surface area contributed by atoms with Crippen LogP contribution in [0.1, 0.15) is 18.9 Å². The Morgan fingerprint density at radius 2 is 2.27 bits per heavy atom. The molecule has 0 radical (unpaired) electrons. The van der Waals surface area contributed by atoms with Crippen molar-refractivity contribution in [1.82, 2.24) is 0 Å². The highest BCUT2D eigenvalue weighted by atomic mass is 16.5. The smallest absolute Gasteiger partial charge is 0.331 e. The zero-order valence-electron chi connectivity index (χ0n) is 9.04. The SMILES string of the molecule is CCC1(C(=O)OC)Cc2ccccc2N1. The van der Waals surface area contributed by atoms with Crippen molar-refractivity contribution in [3.05, 3.63) is 29.8 Å². The van der Waals surface area contributed by atoms with Gasteiger partial charge in [0.2, 0.25) is 0 Å². The van der Waals surface area contributed by atoms with Crippen LogP contribution in [0.5, 0.6) is 0 Å². The molecule has 0 aliphatic carbocycles. The molecule has 1 heterocycles. The Kier molecular flexibility index (Phi) is 2.39. The number of hydrogen-bond acceptors (Lipinski definition) is 3. The topological polar surface area (TPSA) is 38.3 Å². The minimum atomic E-state index is -0.557. The van der Waals surface area contributed by atoms with Crippen molar-refractivity contribution in [2.75, 3.05) is 12.4 Å². The number of fused-ring (bicyclic) bond motifs is 1. The Labute approximate surface area is 89.4 Å². The number of nitrogens with one attached hydrogen (secondary N) is 1. The molecule has 1 atom stereocenters. The molecular formula is C12H15NO2. The van der Waals surface area contributed by atoms with Crippen LogP contribution in [0.25, 0.3) is 0 Å². The van der Waals surface area contributed by atoms with Crippen LogP contribution < -0.4 is 5.32 Å². The van der Waals surface area contributed by atoms with Crippen molar-refractivity contribution in [3.63, 3.8) is 0 Å². The van der Waals surface area contributed by atoms with Crippen LogP contribution in [0.3, 0.4) is 0 Å². The predicted molar refractivity (Wildman–Crippen MR) is 58.8 cm³/mol. The second kappa shape index (κ2) is 3.57. The fourth-order valence-corrected chi connectivity index (χ4v) is 2.10. The maximum absolute atomic E-state index is 11.8. The number of ether oxygens (including phenoxy) is 1. The molecule has 0 fully saturated rings. The summed E-state index contributed by atoms with van der Waals surface area (Å²) in [6.45, 7) is 2.00. The molecular weight excluding hydrogens is 190 g/mol. The van der Waals surface area contributed by atoms with Crippen molar-refractivity contribution < 1.29 is 9.53 Å². The minimum Gasteiger partial charge on any atom is -0.467 e. The summed E-state index contributed by atoms with van der Waals surface area (Å²) in [5.74, 6) is -0.179. The average molecular weight is 205 g/mol. The van der Waals surface area contributed by atoms with E-state index >= 15 is 0 Å².